The quantitative estimate of drug-likeness (QED) is 0.837. The number of nitrogens with zero attached hydrogens (tertiary/aromatic N) is 1. The first-order valence-electron chi connectivity index (χ1n) is 5.87. The molecule has 2 N–H and O–H groups in total. The number of nitrogens with two attached hydrogens (primary N) is 1. The highest BCUT2D eigenvalue weighted by molar-refractivity contribution is 7.89. The van der Waals surface area contributed by atoms with Crippen molar-refractivity contribution in [2.24, 2.45) is 0 Å². The van der Waals surface area contributed by atoms with Crippen molar-refractivity contribution >= 4 is 15.7 Å². The van der Waals surface area contributed by atoms with Crippen LogP contribution >= 0.6 is 0 Å². The van der Waals surface area contributed by atoms with Crippen molar-refractivity contribution in [3.05, 3.63) is 24.0 Å². The molecule has 18 heavy (non-hydrogen) atoms. The summed E-state index contributed by atoms with van der Waals surface area (Å²) in [5.74, 6) is -0.712. The summed E-state index contributed by atoms with van der Waals surface area (Å²) in [7, 11) is -3.66. The number of nitrogen functional groups attached to an aromatic ring is 1. The molecule has 0 atom stereocenters. The van der Waals surface area contributed by atoms with Gasteiger partial charge >= 0.3 is 0 Å². The van der Waals surface area contributed by atoms with E-state index in [1.807, 2.05) is 6.92 Å². The second-order valence-electron chi connectivity index (χ2n) is 4.39. The van der Waals surface area contributed by atoms with Gasteiger partial charge in [0.25, 0.3) is 0 Å². The Labute approximate surface area is 108 Å². The van der Waals surface area contributed by atoms with Crippen molar-refractivity contribution < 1.29 is 12.8 Å². The molecular weight excluding hydrogens is 255 g/mol. The largest absolute Gasteiger partial charge is 0.396 e. The molecule has 0 aliphatic rings. The first-order chi connectivity index (χ1) is 8.30. The fraction of sp³-hybridized carbons (Fsp3) is 0.500. The Morgan fingerprint density at radius 2 is 2.00 bits per heavy atom. The molecule has 0 spiro atoms. The van der Waals surface area contributed by atoms with E-state index in [0.29, 0.717) is 13.0 Å². The molecule has 0 bridgehead atoms. The zero-order valence-corrected chi connectivity index (χ0v) is 11.7. The number of anilines is 1. The van der Waals surface area contributed by atoms with E-state index in [1.165, 1.54) is 16.4 Å². The van der Waals surface area contributed by atoms with Gasteiger partial charge in [-0.2, -0.15) is 4.31 Å². The van der Waals surface area contributed by atoms with E-state index in [4.69, 9.17) is 5.73 Å². The Balaban J connectivity index is 3.22. The molecule has 0 aromatic heterocycles. The second-order valence-corrected chi connectivity index (χ2v) is 6.28. The van der Waals surface area contributed by atoms with Gasteiger partial charge in [-0.3, -0.25) is 0 Å². The summed E-state index contributed by atoms with van der Waals surface area (Å²) in [6.45, 7) is 5.89. The zero-order chi connectivity index (χ0) is 13.9. The van der Waals surface area contributed by atoms with Crippen LogP contribution in [0.5, 0.6) is 0 Å². The molecule has 0 aliphatic heterocycles. The molecule has 0 amide bonds. The Bertz CT molecular complexity index is 515. The summed E-state index contributed by atoms with van der Waals surface area (Å²) in [5, 5.41) is 0. The van der Waals surface area contributed by atoms with Gasteiger partial charge in [0.1, 0.15) is 5.82 Å². The van der Waals surface area contributed by atoms with Crippen LogP contribution in [0, 0.1) is 5.82 Å². The van der Waals surface area contributed by atoms with Crippen molar-refractivity contribution in [2.75, 3.05) is 12.3 Å². The molecular formula is C12H19FN2O2S. The number of halogens is 1. The average molecular weight is 274 g/mol. The second kappa shape index (κ2) is 5.67. The monoisotopic (exact) mass is 274 g/mol. The molecule has 0 radical (unpaired) electrons. The zero-order valence-electron chi connectivity index (χ0n) is 10.9. The number of sulfonamides is 1. The molecule has 1 aromatic rings. The van der Waals surface area contributed by atoms with Crippen LogP contribution in [0.15, 0.2) is 23.1 Å². The topological polar surface area (TPSA) is 63.4 Å². The summed E-state index contributed by atoms with van der Waals surface area (Å²) in [4.78, 5) is -0.0589. The van der Waals surface area contributed by atoms with Crippen LogP contribution in [0.3, 0.4) is 0 Å². The molecule has 0 unspecified atom stereocenters. The lowest BCUT2D eigenvalue weighted by molar-refractivity contribution is 0.354. The van der Waals surface area contributed by atoms with Gasteiger partial charge in [-0.15, -0.1) is 0 Å². The molecule has 0 saturated carbocycles. The van der Waals surface area contributed by atoms with Crippen molar-refractivity contribution in [3.63, 3.8) is 0 Å². The van der Waals surface area contributed by atoms with Crippen LogP contribution in [0.4, 0.5) is 10.1 Å². The summed E-state index contributed by atoms with van der Waals surface area (Å²) < 4.78 is 39.4. The summed E-state index contributed by atoms with van der Waals surface area (Å²) in [6, 6.07) is 3.40. The van der Waals surface area contributed by atoms with Gasteiger partial charge in [-0.05, 0) is 38.5 Å². The van der Waals surface area contributed by atoms with Crippen LogP contribution in [0.25, 0.3) is 0 Å². The minimum absolute atomic E-state index is 0.0551. The van der Waals surface area contributed by atoms with Gasteiger partial charge in [-0.25, -0.2) is 12.8 Å². The molecule has 0 saturated heterocycles. The van der Waals surface area contributed by atoms with Crippen LogP contribution in [-0.4, -0.2) is 25.3 Å². The number of hydrogen-bond acceptors (Lipinski definition) is 3. The van der Waals surface area contributed by atoms with Crippen LogP contribution in [-0.2, 0) is 10.0 Å². The smallest absolute Gasteiger partial charge is 0.243 e. The highest BCUT2D eigenvalue weighted by Gasteiger charge is 2.26. The minimum atomic E-state index is -3.66. The van der Waals surface area contributed by atoms with Crippen molar-refractivity contribution in [2.45, 2.75) is 38.1 Å². The van der Waals surface area contributed by atoms with Crippen molar-refractivity contribution in [1.29, 1.82) is 0 Å². The van der Waals surface area contributed by atoms with Gasteiger partial charge in [0.05, 0.1) is 10.6 Å². The molecule has 4 nitrogen and oxygen atoms in total. The minimum Gasteiger partial charge on any atom is -0.396 e. The lowest BCUT2D eigenvalue weighted by atomic mass is 10.3. The number of benzene rings is 1. The van der Waals surface area contributed by atoms with Crippen molar-refractivity contribution in [3.8, 4) is 0 Å². The van der Waals surface area contributed by atoms with E-state index in [9.17, 15) is 12.8 Å². The highest BCUT2D eigenvalue weighted by atomic mass is 32.2. The number of rotatable bonds is 5. The van der Waals surface area contributed by atoms with Gasteiger partial charge in [0.15, 0.2) is 0 Å². The van der Waals surface area contributed by atoms with E-state index < -0.39 is 15.8 Å². The summed E-state index contributed by atoms with van der Waals surface area (Å²) in [6.07, 6.45) is 0.703. The Morgan fingerprint density at radius 1 is 1.39 bits per heavy atom. The third kappa shape index (κ3) is 3.00. The van der Waals surface area contributed by atoms with Crippen LogP contribution in [0.1, 0.15) is 27.2 Å². The number of hydrogen-bond donors (Lipinski definition) is 1. The van der Waals surface area contributed by atoms with E-state index >= 15 is 0 Å². The Morgan fingerprint density at radius 3 is 2.44 bits per heavy atom. The fourth-order valence-electron chi connectivity index (χ4n) is 1.68. The molecule has 0 fully saturated rings. The first-order valence-corrected chi connectivity index (χ1v) is 7.31. The summed E-state index contributed by atoms with van der Waals surface area (Å²) >= 11 is 0. The Kier molecular flexibility index (Phi) is 4.70. The van der Waals surface area contributed by atoms with Gasteiger partial charge in [0, 0.05) is 12.6 Å². The molecule has 6 heteroatoms. The predicted octanol–water partition coefficient (Wildman–Crippen LogP) is 2.22. The maximum absolute atomic E-state index is 13.4. The third-order valence-corrected chi connectivity index (χ3v) is 4.67. The van der Waals surface area contributed by atoms with E-state index in [-0.39, 0.29) is 16.6 Å². The molecule has 102 valence electrons. The summed E-state index contributed by atoms with van der Waals surface area (Å²) in [5.41, 5.74) is 5.29. The first kappa shape index (κ1) is 14.9. The van der Waals surface area contributed by atoms with E-state index in [1.54, 1.807) is 13.8 Å². The molecule has 0 heterocycles. The third-order valence-electron chi connectivity index (χ3n) is 2.60. The lowest BCUT2D eigenvalue weighted by Gasteiger charge is -2.25. The van der Waals surface area contributed by atoms with Gasteiger partial charge < -0.3 is 5.73 Å². The van der Waals surface area contributed by atoms with E-state index in [0.717, 1.165) is 6.07 Å². The van der Waals surface area contributed by atoms with Crippen LogP contribution < -0.4 is 5.73 Å². The maximum atomic E-state index is 13.4. The molecule has 1 aromatic carbocycles. The predicted molar refractivity (Wildman–Crippen MR) is 70.1 cm³/mol. The standard InChI is InChI=1S/C12H19FN2O2S/c1-4-7-15(9(2)3)18(16,17)10-5-6-12(14)11(13)8-10/h5-6,8-9H,4,7,14H2,1-3H3. The molecule has 1 rings (SSSR count). The van der Waals surface area contributed by atoms with Gasteiger partial charge in [0.2, 0.25) is 10.0 Å². The van der Waals surface area contributed by atoms with E-state index in [2.05, 4.69) is 0 Å². The maximum Gasteiger partial charge on any atom is 0.243 e. The van der Waals surface area contributed by atoms with Crippen molar-refractivity contribution in [1.82, 2.24) is 4.31 Å². The van der Waals surface area contributed by atoms with Crippen LogP contribution in [0.2, 0.25) is 0 Å². The normalized spacial score (nSPS) is 12.3. The molecule has 0 aliphatic carbocycles. The Hall–Kier alpha value is -1.14. The van der Waals surface area contributed by atoms with Gasteiger partial charge in [-0.1, -0.05) is 6.92 Å². The average Bonchev–Trinajstić information content (AvgIpc) is 2.28. The highest BCUT2D eigenvalue weighted by Crippen LogP contribution is 2.21. The lowest BCUT2D eigenvalue weighted by Crippen LogP contribution is -2.37. The SMILES string of the molecule is CCCN(C(C)C)S(=O)(=O)c1ccc(N)c(F)c1. The fourth-order valence-corrected chi connectivity index (χ4v) is 3.42.